The van der Waals surface area contributed by atoms with Crippen molar-refractivity contribution < 1.29 is 4.79 Å². The molecule has 0 radical (unpaired) electrons. The molecule has 94 valence electrons. The van der Waals surface area contributed by atoms with Gasteiger partial charge in [0.25, 0.3) is 0 Å². The Balaban J connectivity index is 2.54. The molecule has 5 heteroatoms. The van der Waals surface area contributed by atoms with Crippen LogP contribution in [0.4, 0.5) is 0 Å². The molecule has 2 unspecified atom stereocenters. The zero-order chi connectivity index (χ0) is 12.1. The third-order valence-electron chi connectivity index (χ3n) is 2.80. The van der Waals surface area contributed by atoms with Gasteiger partial charge in [0.1, 0.15) is 0 Å². The van der Waals surface area contributed by atoms with E-state index in [4.69, 9.17) is 0 Å². The van der Waals surface area contributed by atoms with E-state index < -0.39 is 0 Å². The van der Waals surface area contributed by atoms with Crippen molar-refractivity contribution in [3.63, 3.8) is 0 Å². The normalized spacial score (nSPS) is 22.4. The number of nitrogens with zero attached hydrogens (tertiary/aromatic N) is 2. The van der Waals surface area contributed by atoms with Gasteiger partial charge < -0.3 is 9.80 Å². The van der Waals surface area contributed by atoms with E-state index in [9.17, 15) is 4.79 Å². The monoisotopic (exact) mass is 245 g/mol. The first-order valence-corrected chi connectivity index (χ1v) is 6.98. The molecule has 0 saturated carbocycles. The summed E-state index contributed by atoms with van der Waals surface area (Å²) in [6.07, 6.45) is 0. The molecular formula is C11H23N3OS. The molecule has 1 aliphatic heterocycles. The van der Waals surface area contributed by atoms with Gasteiger partial charge in [-0.3, -0.25) is 10.1 Å². The molecule has 16 heavy (non-hydrogen) atoms. The van der Waals surface area contributed by atoms with Crippen molar-refractivity contribution in [3.05, 3.63) is 0 Å². The van der Waals surface area contributed by atoms with Gasteiger partial charge >= 0.3 is 0 Å². The summed E-state index contributed by atoms with van der Waals surface area (Å²) in [5.74, 6) is 2.06. The van der Waals surface area contributed by atoms with Gasteiger partial charge in [0.15, 0.2) is 0 Å². The summed E-state index contributed by atoms with van der Waals surface area (Å²) in [5, 5.41) is 3.24. The molecule has 1 N–H and O–H groups in total. The van der Waals surface area contributed by atoms with E-state index in [0.29, 0.717) is 0 Å². The SMILES string of the molecule is CCN(C(=O)C1CSCN1)C(C)CN(C)C. The van der Waals surface area contributed by atoms with Crippen molar-refractivity contribution >= 4 is 17.7 Å². The summed E-state index contributed by atoms with van der Waals surface area (Å²) < 4.78 is 0. The lowest BCUT2D eigenvalue weighted by Crippen LogP contribution is -2.51. The van der Waals surface area contributed by atoms with Crippen LogP contribution in [-0.4, -0.2) is 66.6 Å². The molecule has 4 nitrogen and oxygen atoms in total. The van der Waals surface area contributed by atoms with Gasteiger partial charge in [-0.05, 0) is 27.9 Å². The second kappa shape index (κ2) is 6.47. The Hall–Kier alpha value is -0.260. The van der Waals surface area contributed by atoms with E-state index in [-0.39, 0.29) is 18.0 Å². The smallest absolute Gasteiger partial charge is 0.240 e. The maximum absolute atomic E-state index is 12.2. The molecule has 0 aromatic rings. The zero-order valence-corrected chi connectivity index (χ0v) is 11.5. The van der Waals surface area contributed by atoms with Crippen molar-refractivity contribution in [3.8, 4) is 0 Å². The quantitative estimate of drug-likeness (QED) is 0.763. The third-order valence-corrected chi connectivity index (χ3v) is 3.74. The molecule has 0 spiro atoms. The number of thioether (sulfide) groups is 1. The molecule has 1 fully saturated rings. The first-order valence-electron chi connectivity index (χ1n) is 5.82. The van der Waals surface area contributed by atoms with Crippen molar-refractivity contribution in [2.24, 2.45) is 0 Å². The van der Waals surface area contributed by atoms with Gasteiger partial charge in [-0.25, -0.2) is 0 Å². The van der Waals surface area contributed by atoms with Crippen LogP contribution >= 0.6 is 11.8 Å². The maximum atomic E-state index is 12.2. The molecule has 1 amide bonds. The lowest BCUT2D eigenvalue weighted by Gasteiger charge is -2.32. The van der Waals surface area contributed by atoms with E-state index in [1.165, 1.54) is 0 Å². The first kappa shape index (κ1) is 13.8. The Labute approximate surface area is 103 Å². The molecule has 1 aliphatic rings. The Bertz CT molecular complexity index is 229. The van der Waals surface area contributed by atoms with Crippen LogP contribution < -0.4 is 5.32 Å². The summed E-state index contributed by atoms with van der Waals surface area (Å²) in [5.41, 5.74) is 0. The number of nitrogens with one attached hydrogen (secondary N) is 1. The lowest BCUT2D eigenvalue weighted by atomic mass is 10.2. The van der Waals surface area contributed by atoms with Gasteiger partial charge in [-0.1, -0.05) is 0 Å². The van der Waals surface area contributed by atoms with Gasteiger partial charge in [0.05, 0.1) is 6.04 Å². The van der Waals surface area contributed by atoms with Crippen molar-refractivity contribution in [2.75, 3.05) is 38.8 Å². The van der Waals surface area contributed by atoms with Crippen LogP contribution in [-0.2, 0) is 4.79 Å². The summed E-state index contributed by atoms with van der Waals surface area (Å²) in [7, 11) is 4.08. The molecule has 1 heterocycles. The second-order valence-electron chi connectivity index (χ2n) is 4.51. The molecule has 1 rings (SSSR count). The topological polar surface area (TPSA) is 35.6 Å². The molecule has 2 atom stereocenters. The molecule has 0 aliphatic carbocycles. The predicted octanol–water partition coefficient (Wildman–Crippen LogP) is 0.448. The van der Waals surface area contributed by atoms with Crippen LogP contribution in [0.3, 0.4) is 0 Å². The highest BCUT2D eigenvalue weighted by Crippen LogP contribution is 2.13. The predicted molar refractivity (Wildman–Crippen MR) is 69.7 cm³/mol. The molecule has 1 saturated heterocycles. The average Bonchev–Trinajstić information content (AvgIpc) is 2.69. The van der Waals surface area contributed by atoms with Gasteiger partial charge in [0.2, 0.25) is 5.91 Å². The van der Waals surface area contributed by atoms with Crippen LogP contribution in [0.5, 0.6) is 0 Å². The van der Waals surface area contributed by atoms with Crippen LogP contribution in [0.2, 0.25) is 0 Å². The summed E-state index contributed by atoms with van der Waals surface area (Å²) >= 11 is 1.79. The van der Waals surface area contributed by atoms with Gasteiger partial charge in [-0.15, -0.1) is 11.8 Å². The van der Waals surface area contributed by atoms with E-state index in [1.807, 2.05) is 25.9 Å². The molecule has 0 bridgehead atoms. The van der Waals surface area contributed by atoms with Crippen LogP contribution in [0.1, 0.15) is 13.8 Å². The fourth-order valence-corrected chi connectivity index (χ4v) is 3.00. The van der Waals surface area contributed by atoms with E-state index in [0.717, 1.165) is 24.7 Å². The van der Waals surface area contributed by atoms with Gasteiger partial charge in [0, 0.05) is 30.8 Å². The van der Waals surface area contributed by atoms with Crippen LogP contribution in [0.15, 0.2) is 0 Å². The minimum Gasteiger partial charge on any atom is -0.338 e. The number of carbonyl (C=O) groups excluding carboxylic acids is 1. The lowest BCUT2D eigenvalue weighted by molar-refractivity contribution is -0.134. The molecule has 0 aromatic carbocycles. The van der Waals surface area contributed by atoms with Crippen LogP contribution in [0, 0.1) is 0 Å². The Kier molecular flexibility index (Phi) is 5.58. The number of amides is 1. The Morgan fingerprint density at radius 1 is 1.56 bits per heavy atom. The van der Waals surface area contributed by atoms with E-state index >= 15 is 0 Å². The summed E-state index contributed by atoms with van der Waals surface area (Å²) in [6, 6.07) is 0.300. The highest BCUT2D eigenvalue weighted by molar-refractivity contribution is 7.99. The van der Waals surface area contributed by atoms with Crippen molar-refractivity contribution in [1.29, 1.82) is 0 Å². The second-order valence-corrected chi connectivity index (χ2v) is 5.54. The third kappa shape index (κ3) is 3.64. The Morgan fingerprint density at radius 3 is 2.69 bits per heavy atom. The van der Waals surface area contributed by atoms with Crippen molar-refractivity contribution in [2.45, 2.75) is 25.9 Å². The minimum absolute atomic E-state index is 0.0227. The fraction of sp³-hybridized carbons (Fsp3) is 0.909. The minimum atomic E-state index is 0.0227. The highest BCUT2D eigenvalue weighted by atomic mass is 32.2. The standard InChI is InChI=1S/C11H23N3OS/c1-5-14(9(2)6-13(3)4)11(15)10-7-16-8-12-10/h9-10,12H,5-8H2,1-4H3. The fourth-order valence-electron chi connectivity index (χ4n) is 2.07. The summed E-state index contributed by atoms with van der Waals surface area (Å²) in [4.78, 5) is 16.3. The van der Waals surface area contributed by atoms with E-state index in [2.05, 4.69) is 17.1 Å². The maximum Gasteiger partial charge on any atom is 0.240 e. The average molecular weight is 245 g/mol. The first-order chi connectivity index (χ1) is 7.56. The number of carbonyl (C=O) groups is 1. The number of rotatable bonds is 5. The largest absolute Gasteiger partial charge is 0.338 e. The molecular weight excluding hydrogens is 222 g/mol. The Morgan fingerprint density at radius 2 is 2.25 bits per heavy atom. The number of hydrogen-bond donors (Lipinski definition) is 1. The van der Waals surface area contributed by atoms with Crippen molar-refractivity contribution in [1.82, 2.24) is 15.1 Å². The molecule has 0 aromatic heterocycles. The number of hydrogen-bond acceptors (Lipinski definition) is 4. The number of likely N-dealkylation sites (N-methyl/N-ethyl adjacent to an activating group) is 2. The summed E-state index contributed by atoms with van der Waals surface area (Å²) in [6.45, 7) is 5.87. The van der Waals surface area contributed by atoms with Crippen LogP contribution in [0.25, 0.3) is 0 Å². The van der Waals surface area contributed by atoms with Gasteiger partial charge in [-0.2, -0.15) is 0 Å². The van der Waals surface area contributed by atoms with E-state index in [1.54, 1.807) is 11.8 Å². The highest BCUT2D eigenvalue weighted by Gasteiger charge is 2.29. The zero-order valence-electron chi connectivity index (χ0n) is 10.7.